The molecule has 5 heteroatoms. The van der Waals surface area contributed by atoms with Crippen molar-refractivity contribution in [2.75, 3.05) is 5.43 Å². The van der Waals surface area contributed by atoms with Crippen molar-refractivity contribution < 1.29 is 0 Å². The summed E-state index contributed by atoms with van der Waals surface area (Å²) < 4.78 is 0. The zero-order chi connectivity index (χ0) is 11.2. The number of nitrogens with zero attached hydrogens (tertiary/aromatic N) is 3. The summed E-state index contributed by atoms with van der Waals surface area (Å²) in [6, 6.07) is 7.46. The molecule has 1 aromatic heterocycles. The molecule has 0 fully saturated rings. The lowest BCUT2D eigenvalue weighted by Gasteiger charge is -1.98. The number of anilines is 1. The van der Waals surface area contributed by atoms with E-state index in [-0.39, 0.29) is 0 Å². The number of aromatic nitrogens is 2. The molecular weight excluding hydrogens is 224 g/mol. The number of hydrogen-bond donors (Lipinski definition) is 1. The normalized spacial score (nSPS) is 10.6. The van der Waals surface area contributed by atoms with E-state index in [1.165, 1.54) is 0 Å². The Balaban J connectivity index is 2.03. The van der Waals surface area contributed by atoms with Gasteiger partial charge in [-0.25, -0.2) is 4.98 Å². The Kier molecular flexibility index (Phi) is 3.46. The minimum absolute atomic E-state index is 0.589. The summed E-state index contributed by atoms with van der Waals surface area (Å²) in [6.07, 6.45) is 6.41. The van der Waals surface area contributed by atoms with E-state index >= 15 is 0 Å². The molecule has 0 amide bonds. The van der Waals surface area contributed by atoms with Gasteiger partial charge in [-0.15, -0.1) is 0 Å². The SMILES string of the molecule is Clc1ccccc1/C=N/Nc1cnccn1. The summed E-state index contributed by atoms with van der Waals surface area (Å²) in [5.41, 5.74) is 3.61. The predicted molar refractivity (Wildman–Crippen MR) is 64.7 cm³/mol. The zero-order valence-corrected chi connectivity index (χ0v) is 9.09. The van der Waals surface area contributed by atoms with Gasteiger partial charge >= 0.3 is 0 Å². The maximum atomic E-state index is 5.96. The van der Waals surface area contributed by atoms with Crippen LogP contribution < -0.4 is 5.43 Å². The van der Waals surface area contributed by atoms with E-state index in [9.17, 15) is 0 Å². The summed E-state index contributed by atoms with van der Waals surface area (Å²) in [4.78, 5) is 7.91. The number of nitrogens with one attached hydrogen (secondary N) is 1. The molecule has 2 aromatic rings. The zero-order valence-electron chi connectivity index (χ0n) is 8.34. The van der Waals surface area contributed by atoms with Crippen LogP contribution in [0.2, 0.25) is 5.02 Å². The number of rotatable bonds is 3. The Hall–Kier alpha value is -1.94. The quantitative estimate of drug-likeness (QED) is 0.654. The molecule has 16 heavy (non-hydrogen) atoms. The molecule has 2 rings (SSSR count). The molecular formula is C11H9ClN4. The van der Waals surface area contributed by atoms with Gasteiger partial charge in [-0.1, -0.05) is 29.8 Å². The van der Waals surface area contributed by atoms with Crippen LogP contribution in [0, 0.1) is 0 Å². The average molecular weight is 233 g/mol. The highest BCUT2D eigenvalue weighted by molar-refractivity contribution is 6.33. The van der Waals surface area contributed by atoms with Crippen LogP contribution in [-0.4, -0.2) is 16.2 Å². The van der Waals surface area contributed by atoms with Crippen LogP contribution in [0.1, 0.15) is 5.56 Å². The Morgan fingerprint density at radius 1 is 1.25 bits per heavy atom. The van der Waals surface area contributed by atoms with Crippen LogP contribution in [0.3, 0.4) is 0 Å². The first-order chi connectivity index (χ1) is 7.86. The van der Waals surface area contributed by atoms with Crippen molar-refractivity contribution in [3.05, 3.63) is 53.4 Å². The first-order valence-corrected chi connectivity index (χ1v) is 5.03. The van der Waals surface area contributed by atoms with Gasteiger partial charge < -0.3 is 0 Å². The molecule has 1 heterocycles. The van der Waals surface area contributed by atoms with Gasteiger partial charge in [-0.2, -0.15) is 5.10 Å². The van der Waals surface area contributed by atoms with Gasteiger partial charge in [-0.05, 0) is 6.07 Å². The van der Waals surface area contributed by atoms with Crippen molar-refractivity contribution in [3.63, 3.8) is 0 Å². The number of hydrazone groups is 1. The summed E-state index contributed by atoms with van der Waals surface area (Å²) in [7, 11) is 0. The maximum Gasteiger partial charge on any atom is 0.164 e. The third kappa shape index (κ3) is 2.77. The minimum Gasteiger partial charge on any atom is -0.260 e. The van der Waals surface area contributed by atoms with Gasteiger partial charge in [0.25, 0.3) is 0 Å². The molecule has 4 nitrogen and oxygen atoms in total. The molecule has 0 aliphatic heterocycles. The van der Waals surface area contributed by atoms with Gasteiger partial charge in [0.1, 0.15) is 0 Å². The smallest absolute Gasteiger partial charge is 0.164 e. The molecule has 0 unspecified atom stereocenters. The third-order valence-electron chi connectivity index (χ3n) is 1.85. The molecule has 0 atom stereocenters. The predicted octanol–water partition coefficient (Wildman–Crippen LogP) is 2.58. The Bertz CT molecular complexity index is 484. The first kappa shape index (κ1) is 10.6. The average Bonchev–Trinajstić information content (AvgIpc) is 2.33. The Labute approximate surface area is 98.0 Å². The molecule has 0 spiro atoms. The van der Waals surface area contributed by atoms with E-state index in [1.807, 2.05) is 24.3 Å². The summed E-state index contributed by atoms with van der Waals surface area (Å²) in [5, 5.41) is 4.67. The minimum atomic E-state index is 0.589. The van der Waals surface area contributed by atoms with E-state index in [0.717, 1.165) is 5.56 Å². The molecule has 1 N–H and O–H groups in total. The lowest BCUT2D eigenvalue weighted by atomic mass is 10.2. The molecule has 80 valence electrons. The van der Waals surface area contributed by atoms with Crippen molar-refractivity contribution in [2.45, 2.75) is 0 Å². The van der Waals surface area contributed by atoms with Gasteiger partial charge in [0.2, 0.25) is 0 Å². The Morgan fingerprint density at radius 2 is 2.12 bits per heavy atom. The van der Waals surface area contributed by atoms with E-state index in [4.69, 9.17) is 11.6 Å². The second-order valence-electron chi connectivity index (χ2n) is 2.98. The van der Waals surface area contributed by atoms with Gasteiger partial charge in [0.05, 0.1) is 12.4 Å². The highest BCUT2D eigenvalue weighted by Crippen LogP contribution is 2.12. The standard InChI is InChI=1S/C11H9ClN4/c12-10-4-2-1-3-9(10)7-15-16-11-8-13-5-6-14-11/h1-8H,(H,14,16)/b15-7+. The van der Waals surface area contributed by atoms with Crippen LogP contribution in [0.5, 0.6) is 0 Å². The summed E-state index contributed by atoms with van der Waals surface area (Å²) in [5.74, 6) is 0.589. The fraction of sp³-hybridized carbons (Fsp3) is 0. The maximum absolute atomic E-state index is 5.96. The van der Waals surface area contributed by atoms with E-state index in [2.05, 4.69) is 20.5 Å². The second kappa shape index (κ2) is 5.23. The third-order valence-corrected chi connectivity index (χ3v) is 2.20. The number of hydrogen-bond acceptors (Lipinski definition) is 4. The molecule has 0 aliphatic rings. The topological polar surface area (TPSA) is 50.2 Å². The molecule has 0 saturated carbocycles. The van der Waals surface area contributed by atoms with E-state index in [1.54, 1.807) is 24.8 Å². The van der Waals surface area contributed by atoms with Gasteiger partial charge in [-0.3, -0.25) is 10.4 Å². The first-order valence-electron chi connectivity index (χ1n) is 4.66. The van der Waals surface area contributed by atoms with E-state index in [0.29, 0.717) is 10.8 Å². The lowest BCUT2D eigenvalue weighted by Crippen LogP contribution is -1.93. The highest BCUT2D eigenvalue weighted by atomic mass is 35.5. The van der Waals surface area contributed by atoms with Crippen LogP contribution in [-0.2, 0) is 0 Å². The Morgan fingerprint density at radius 3 is 2.88 bits per heavy atom. The van der Waals surface area contributed by atoms with Crippen molar-refractivity contribution in [2.24, 2.45) is 5.10 Å². The number of halogens is 1. The lowest BCUT2D eigenvalue weighted by molar-refractivity contribution is 1.16. The fourth-order valence-corrected chi connectivity index (χ4v) is 1.29. The van der Waals surface area contributed by atoms with Gasteiger partial charge in [0.15, 0.2) is 5.82 Å². The number of benzene rings is 1. The molecule has 0 aliphatic carbocycles. The molecule has 0 bridgehead atoms. The summed E-state index contributed by atoms with van der Waals surface area (Å²) in [6.45, 7) is 0. The second-order valence-corrected chi connectivity index (χ2v) is 3.39. The van der Waals surface area contributed by atoms with Gasteiger partial charge in [0, 0.05) is 23.0 Å². The van der Waals surface area contributed by atoms with Crippen LogP contribution >= 0.6 is 11.6 Å². The van der Waals surface area contributed by atoms with Crippen LogP contribution in [0.4, 0.5) is 5.82 Å². The summed E-state index contributed by atoms with van der Waals surface area (Å²) >= 11 is 5.96. The highest BCUT2D eigenvalue weighted by Gasteiger charge is 1.93. The van der Waals surface area contributed by atoms with Crippen LogP contribution in [0.15, 0.2) is 48.0 Å². The van der Waals surface area contributed by atoms with E-state index < -0.39 is 0 Å². The molecule has 1 aromatic carbocycles. The monoisotopic (exact) mass is 232 g/mol. The van der Waals surface area contributed by atoms with Crippen LogP contribution in [0.25, 0.3) is 0 Å². The molecule has 0 saturated heterocycles. The van der Waals surface area contributed by atoms with Crippen molar-refractivity contribution in [1.82, 2.24) is 9.97 Å². The fourth-order valence-electron chi connectivity index (χ4n) is 1.10. The van der Waals surface area contributed by atoms with Crippen molar-refractivity contribution in [3.8, 4) is 0 Å². The van der Waals surface area contributed by atoms with Crippen molar-refractivity contribution in [1.29, 1.82) is 0 Å². The molecule has 0 radical (unpaired) electrons. The largest absolute Gasteiger partial charge is 0.260 e. The van der Waals surface area contributed by atoms with Crippen molar-refractivity contribution >= 4 is 23.6 Å².